The number of hydrogen-bond acceptors (Lipinski definition) is 3. The Kier molecular flexibility index (Phi) is 4.25. The average molecular weight is 303 g/mol. The number of aliphatic hydroxyl groups is 1. The number of likely N-dealkylation sites (tertiary alicyclic amines) is 1. The van der Waals surface area contributed by atoms with E-state index in [-0.39, 0.29) is 13.1 Å². The van der Waals surface area contributed by atoms with Crippen molar-refractivity contribution in [3.63, 3.8) is 0 Å². The minimum Gasteiger partial charge on any atom is -0.481 e. The summed E-state index contributed by atoms with van der Waals surface area (Å²) in [6.07, 6.45) is -6.23. The van der Waals surface area contributed by atoms with Gasteiger partial charge in [-0.2, -0.15) is 13.2 Å². The van der Waals surface area contributed by atoms with Crippen molar-refractivity contribution in [2.45, 2.75) is 18.7 Å². The third kappa shape index (κ3) is 3.03. The highest BCUT2D eigenvalue weighted by Crippen LogP contribution is 2.45. The van der Waals surface area contributed by atoms with Crippen LogP contribution in [0.4, 0.5) is 13.2 Å². The van der Waals surface area contributed by atoms with Crippen LogP contribution in [-0.4, -0.2) is 46.9 Å². The molecule has 1 heterocycles. The first-order valence-electron chi connectivity index (χ1n) is 6.52. The van der Waals surface area contributed by atoms with Crippen molar-refractivity contribution in [1.82, 2.24) is 4.90 Å². The Bertz CT molecular complexity index is 506. The third-order valence-electron chi connectivity index (χ3n) is 3.92. The monoisotopic (exact) mass is 303 g/mol. The second kappa shape index (κ2) is 5.65. The zero-order chi connectivity index (χ0) is 15.7. The number of halogens is 3. The van der Waals surface area contributed by atoms with Gasteiger partial charge in [-0.3, -0.25) is 9.69 Å². The third-order valence-corrected chi connectivity index (χ3v) is 3.92. The zero-order valence-corrected chi connectivity index (χ0v) is 11.2. The minimum atomic E-state index is -4.80. The molecule has 0 bridgehead atoms. The number of β-amino-alcohol motifs (C(OH)–C–C–N with tert-alkyl or cyclic N) is 1. The smallest absolute Gasteiger partial charge is 0.406 e. The largest absolute Gasteiger partial charge is 0.481 e. The van der Waals surface area contributed by atoms with Gasteiger partial charge in [0.2, 0.25) is 0 Å². The lowest BCUT2D eigenvalue weighted by Crippen LogP contribution is -2.47. The number of nitrogens with zero attached hydrogens (tertiary/aromatic N) is 1. The van der Waals surface area contributed by atoms with Crippen LogP contribution >= 0.6 is 0 Å². The second-order valence-electron chi connectivity index (χ2n) is 5.30. The molecule has 0 saturated carbocycles. The molecule has 1 aromatic rings. The van der Waals surface area contributed by atoms with Crippen molar-refractivity contribution < 1.29 is 28.2 Å². The van der Waals surface area contributed by atoms with Gasteiger partial charge in [0.05, 0.1) is 6.10 Å². The first kappa shape index (κ1) is 15.8. The van der Waals surface area contributed by atoms with Crippen molar-refractivity contribution in [3.05, 3.63) is 35.9 Å². The van der Waals surface area contributed by atoms with Crippen LogP contribution < -0.4 is 0 Å². The van der Waals surface area contributed by atoms with E-state index < -0.39 is 36.6 Å². The van der Waals surface area contributed by atoms with Crippen molar-refractivity contribution in [3.8, 4) is 0 Å². The van der Waals surface area contributed by atoms with E-state index in [2.05, 4.69) is 0 Å². The van der Waals surface area contributed by atoms with Crippen LogP contribution in [0.15, 0.2) is 30.3 Å². The molecule has 116 valence electrons. The van der Waals surface area contributed by atoms with Gasteiger partial charge >= 0.3 is 12.1 Å². The lowest BCUT2D eigenvalue weighted by Gasteiger charge is -2.28. The van der Waals surface area contributed by atoms with Gasteiger partial charge in [0.1, 0.15) is 0 Å². The number of alkyl halides is 3. The van der Waals surface area contributed by atoms with E-state index in [9.17, 15) is 23.1 Å². The predicted molar refractivity (Wildman–Crippen MR) is 68.6 cm³/mol. The Morgan fingerprint density at radius 1 is 1.33 bits per heavy atom. The molecule has 0 aromatic heterocycles. The summed E-state index contributed by atoms with van der Waals surface area (Å²) in [4.78, 5) is 12.4. The van der Waals surface area contributed by atoms with Crippen molar-refractivity contribution in [2.75, 3.05) is 19.6 Å². The standard InChI is InChI=1S/C14H16F3NO3/c15-14(16,17)13(12(20)21)6-7-18(9-13)8-11(19)10-4-2-1-3-5-10/h1-5,11,19H,6-9H2,(H,20,21). The Labute approximate surface area is 119 Å². The van der Waals surface area contributed by atoms with Crippen LogP contribution in [0.2, 0.25) is 0 Å². The number of hydrogen-bond donors (Lipinski definition) is 2. The van der Waals surface area contributed by atoms with Gasteiger partial charge in [0.15, 0.2) is 5.41 Å². The maximum absolute atomic E-state index is 13.0. The van der Waals surface area contributed by atoms with Gasteiger partial charge in [-0.15, -0.1) is 0 Å². The number of benzene rings is 1. The molecule has 1 aromatic carbocycles. The van der Waals surface area contributed by atoms with Crippen molar-refractivity contribution in [1.29, 1.82) is 0 Å². The molecule has 1 aliphatic rings. The van der Waals surface area contributed by atoms with Crippen LogP contribution in [0.3, 0.4) is 0 Å². The Morgan fingerprint density at radius 2 is 1.95 bits per heavy atom. The fourth-order valence-corrected chi connectivity index (χ4v) is 2.60. The number of rotatable bonds is 4. The van der Waals surface area contributed by atoms with E-state index in [0.29, 0.717) is 5.56 Å². The van der Waals surface area contributed by atoms with Crippen molar-refractivity contribution >= 4 is 5.97 Å². The summed E-state index contributed by atoms with van der Waals surface area (Å²) < 4.78 is 39.1. The topological polar surface area (TPSA) is 60.8 Å². The summed E-state index contributed by atoms with van der Waals surface area (Å²) in [5.41, 5.74) is -2.14. The molecule has 0 radical (unpaired) electrons. The van der Waals surface area contributed by atoms with Gasteiger partial charge in [0, 0.05) is 13.1 Å². The van der Waals surface area contributed by atoms with Crippen molar-refractivity contribution in [2.24, 2.45) is 5.41 Å². The van der Waals surface area contributed by atoms with E-state index in [1.54, 1.807) is 30.3 Å². The van der Waals surface area contributed by atoms with Gasteiger partial charge in [-0.1, -0.05) is 30.3 Å². The van der Waals surface area contributed by atoms with Crippen LogP contribution in [0, 0.1) is 5.41 Å². The maximum Gasteiger partial charge on any atom is 0.406 e. The molecule has 2 atom stereocenters. The average Bonchev–Trinajstić information content (AvgIpc) is 2.84. The lowest BCUT2D eigenvalue weighted by atomic mass is 9.86. The summed E-state index contributed by atoms with van der Waals surface area (Å²) in [5, 5.41) is 19.0. The highest BCUT2D eigenvalue weighted by molar-refractivity contribution is 5.76. The molecule has 21 heavy (non-hydrogen) atoms. The SMILES string of the molecule is O=C(O)C1(C(F)(F)F)CCN(CC(O)c2ccccc2)C1. The molecule has 0 aliphatic carbocycles. The van der Waals surface area contributed by atoms with E-state index in [0.717, 1.165) is 0 Å². The Hall–Kier alpha value is -1.60. The van der Waals surface area contributed by atoms with Gasteiger partial charge < -0.3 is 10.2 Å². The van der Waals surface area contributed by atoms with E-state index in [4.69, 9.17) is 5.11 Å². The fraction of sp³-hybridized carbons (Fsp3) is 0.500. The van der Waals surface area contributed by atoms with E-state index >= 15 is 0 Å². The molecular weight excluding hydrogens is 287 g/mol. The first-order valence-corrected chi connectivity index (χ1v) is 6.52. The molecule has 1 aliphatic heterocycles. The van der Waals surface area contributed by atoms with Gasteiger partial charge in [-0.05, 0) is 18.5 Å². The lowest BCUT2D eigenvalue weighted by molar-refractivity contribution is -0.227. The molecule has 0 amide bonds. The highest BCUT2D eigenvalue weighted by atomic mass is 19.4. The first-order chi connectivity index (χ1) is 9.76. The van der Waals surface area contributed by atoms with Crippen LogP contribution in [0.1, 0.15) is 18.1 Å². The number of carboxylic acid groups (broad SMARTS) is 1. The van der Waals surface area contributed by atoms with Crippen LogP contribution in [0.25, 0.3) is 0 Å². The molecule has 2 N–H and O–H groups in total. The Morgan fingerprint density at radius 3 is 2.43 bits per heavy atom. The summed E-state index contributed by atoms with van der Waals surface area (Å²) in [7, 11) is 0. The molecule has 2 unspecified atom stereocenters. The normalized spacial score (nSPS) is 25.0. The zero-order valence-electron chi connectivity index (χ0n) is 11.2. The van der Waals surface area contributed by atoms with E-state index in [1.165, 1.54) is 4.90 Å². The summed E-state index contributed by atoms with van der Waals surface area (Å²) in [5.74, 6) is -1.85. The molecule has 0 spiro atoms. The molecule has 7 heteroatoms. The number of aliphatic carboxylic acids is 1. The summed E-state index contributed by atoms with van der Waals surface area (Å²) >= 11 is 0. The minimum absolute atomic E-state index is 0.00426. The highest BCUT2D eigenvalue weighted by Gasteiger charge is 2.63. The molecule has 1 saturated heterocycles. The van der Waals surface area contributed by atoms with E-state index in [1.807, 2.05) is 0 Å². The quantitative estimate of drug-likeness (QED) is 0.894. The fourth-order valence-electron chi connectivity index (χ4n) is 2.60. The maximum atomic E-state index is 13.0. The predicted octanol–water partition coefficient (Wildman–Crippen LogP) is 2.06. The Balaban J connectivity index is 2.07. The van der Waals surface area contributed by atoms with Crippen LogP contribution in [-0.2, 0) is 4.79 Å². The molecule has 1 fully saturated rings. The van der Waals surface area contributed by atoms with Crippen LogP contribution in [0.5, 0.6) is 0 Å². The summed E-state index contributed by atoms with van der Waals surface area (Å²) in [6, 6.07) is 8.56. The second-order valence-corrected chi connectivity index (χ2v) is 5.30. The summed E-state index contributed by atoms with van der Waals surface area (Å²) in [6.45, 7) is -0.652. The number of aliphatic hydroxyl groups excluding tert-OH is 1. The molecular formula is C14H16F3NO3. The number of carbonyl (C=O) groups is 1. The van der Waals surface area contributed by atoms with Gasteiger partial charge in [0.25, 0.3) is 0 Å². The number of carboxylic acids is 1. The molecule has 2 rings (SSSR count). The van der Waals surface area contributed by atoms with Gasteiger partial charge in [-0.25, -0.2) is 0 Å². The molecule has 4 nitrogen and oxygen atoms in total.